The second-order valence-corrected chi connectivity index (χ2v) is 4.85. The van der Waals surface area contributed by atoms with Crippen LogP contribution in [0.2, 0.25) is 5.02 Å². The second-order valence-electron chi connectivity index (χ2n) is 4.44. The summed E-state index contributed by atoms with van der Waals surface area (Å²) in [6.45, 7) is 1.68. The van der Waals surface area contributed by atoms with Gasteiger partial charge in [-0.1, -0.05) is 41.6 Å². The van der Waals surface area contributed by atoms with Crippen LogP contribution >= 0.6 is 11.6 Å². The van der Waals surface area contributed by atoms with Gasteiger partial charge in [0.25, 0.3) is 5.91 Å². The molecule has 0 saturated carbocycles. The maximum atomic E-state index is 12.3. The Morgan fingerprint density at radius 1 is 1.29 bits per heavy atom. The minimum atomic E-state index is -0.288. The van der Waals surface area contributed by atoms with Crippen LogP contribution in [0.25, 0.3) is 0 Å². The van der Waals surface area contributed by atoms with Gasteiger partial charge in [-0.3, -0.25) is 4.79 Å². The number of aliphatic hydroxyl groups is 1. The van der Waals surface area contributed by atoms with E-state index in [2.05, 4.69) is 17.2 Å². The predicted molar refractivity (Wildman–Crippen MR) is 84.5 cm³/mol. The zero-order chi connectivity index (χ0) is 15.2. The smallest absolute Gasteiger partial charge is 0.256 e. The quantitative estimate of drug-likeness (QED) is 0.836. The number of carbonyl (C=O) groups is 1. The van der Waals surface area contributed by atoms with Crippen LogP contribution in [0.15, 0.2) is 42.5 Å². The Morgan fingerprint density at radius 2 is 2.05 bits per heavy atom. The first-order valence-corrected chi connectivity index (χ1v) is 6.76. The van der Waals surface area contributed by atoms with Gasteiger partial charge in [0.15, 0.2) is 0 Å². The van der Waals surface area contributed by atoms with E-state index in [-0.39, 0.29) is 12.5 Å². The zero-order valence-corrected chi connectivity index (χ0v) is 12.2. The number of hydrogen-bond acceptors (Lipinski definition) is 2. The highest BCUT2D eigenvalue weighted by Gasteiger charge is 2.11. The van der Waals surface area contributed by atoms with E-state index in [0.717, 1.165) is 5.56 Å². The van der Waals surface area contributed by atoms with E-state index < -0.39 is 0 Å². The molecule has 2 aromatic rings. The van der Waals surface area contributed by atoms with Gasteiger partial charge in [0.1, 0.15) is 6.61 Å². The van der Waals surface area contributed by atoms with Crippen molar-refractivity contribution in [2.45, 2.75) is 6.92 Å². The third kappa shape index (κ3) is 3.85. The Morgan fingerprint density at radius 3 is 2.76 bits per heavy atom. The van der Waals surface area contributed by atoms with Crippen LogP contribution in [0.3, 0.4) is 0 Å². The molecule has 0 aliphatic heterocycles. The largest absolute Gasteiger partial charge is 0.384 e. The van der Waals surface area contributed by atoms with Crippen LogP contribution in [0.5, 0.6) is 0 Å². The number of aryl methyl sites for hydroxylation is 1. The van der Waals surface area contributed by atoms with Gasteiger partial charge in [-0.15, -0.1) is 0 Å². The molecule has 2 N–H and O–H groups in total. The summed E-state index contributed by atoms with van der Waals surface area (Å²) in [5.41, 5.74) is 2.58. The molecule has 0 atom stereocenters. The number of nitrogens with one attached hydrogen (secondary N) is 1. The van der Waals surface area contributed by atoms with Crippen LogP contribution in [-0.4, -0.2) is 17.6 Å². The summed E-state index contributed by atoms with van der Waals surface area (Å²) in [6.07, 6.45) is 0. The molecule has 1 amide bonds. The number of anilines is 1. The summed E-state index contributed by atoms with van der Waals surface area (Å²) in [6, 6.07) is 12.4. The number of halogens is 1. The van der Waals surface area contributed by atoms with E-state index in [9.17, 15) is 4.79 Å². The van der Waals surface area contributed by atoms with Gasteiger partial charge in [0.2, 0.25) is 0 Å². The van der Waals surface area contributed by atoms with Crippen LogP contribution in [-0.2, 0) is 0 Å². The predicted octanol–water partition coefficient (Wildman–Crippen LogP) is 3.24. The summed E-state index contributed by atoms with van der Waals surface area (Å²) in [4.78, 5) is 12.3. The minimum absolute atomic E-state index is 0.250. The fraction of sp³-hybridized carbons (Fsp3) is 0.118. The lowest BCUT2D eigenvalue weighted by molar-refractivity contribution is 0.102. The zero-order valence-electron chi connectivity index (χ0n) is 11.5. The van der Waals surface area contributed by atoms with Crippen LogP contribution in [0.4, 0.5) is 5.69 Å². The Bertz CT molecular complexity index is 729. The first kappa shape index (κ1) is 15.1. The number of carbonyl (C=O) groups excluding carboxylic acids is 1. The maximum Gasteiger partial charge on any atom is 0.256 e. The Labute approximate surface area is 128 Å². The van der Waals surface area contributed by atoms with Crippen molar-refractivity contribution >= 4 is 23.2 Å². The number of benzene rings is 2. The van der Waals surface area contributed by atoms with Gasteiger partial charge in [-0.05, 0) is 36.8 Å². The van der Waals surface area contributed by atoms with Gasteiger partial charge in [0, 0.05) is 5.56 Å². The molecule has 0 saturated heterocycles. The number of hydrogen-bond donors (Lipinski definition) is 2. The molecule has 0 fully saturated rings. The molecule has 0 unspecified atom stereocenters. The molecule has 21 heavy (non-hydrogen) atoms. The average Bonchev–Trinajstić information content (AvgIpc) is 2.48. The molecule has 4 heteroatoms. The van der Waals surface area contributed by atoms with Crippen LogP contribution in [0.1, 0.15) is 21.5 Å². The first-order valence-electron chi connectivity index (χ1n) is 6.38. The van der Waals surface area contributed by atoms with E-state index in [1.807, 2.05) is 13.0 Å². The van der Waals surface area contributed by atoms with Crippen molar-refractivity contribution in [2.24, 2.45) is 0 Å². The third-order valence-electron chi connectivity index (χ3n) is 2.85. The monoisotopic (exact) mass is 299 g/mol. The lowest BCUT2D eigenvalue weighted by Gasteiger charge is -2.09. The van der Waals surface area contributed by atoms with Crippen molar-refractivity contribution in [3.63, 3.8) is 0 Å². The summed E-state index contributed by atoms with van der Waals surface area (Å²) in [7, 11) is 0. The molecule has 0 aromatic heterocycles. The molecule has 0 radical (unpaired) electrons. The highest BCUT2D eigenvalue weighted by molar-refractivity contribution is 6.34. The number of aliphatic hydroxyl groups excluding tert-OH is 1. The molecule has 3 nitrogen and oxygen atoms in total. The van der Waals surface area contributed by atoms with E-state index in [4.69, 9.17) is 16.7 Å². The van der Waals surface area contributed by atoms with Gasteiger partial charge in [0.05, 0.1) is 16.3 Å². The maximum absolute atomic E-state index is 12.3. The van der Waals surface area contributed by atoms with E-state index >= 15 is 0 Å². The molecular weight excluding hydrogens is 286 g/mol. The van der Waals surface area contributed by atoms with Crippen molar-refractivity contribution in [1.29, 1.82) is 0 Å². The Hall–Kier alpha value is -2.28. The molecule has 0 aliphatic rings. The fourth-order valence-corrected chi connectivity index (χ4v) is 2.12. The molecule has 0 heterocycles. The summed E-state index contributed by atoms with van der Waals surface area (Å²) < 4.78 is 0. The summed E-state index contributed by atoms with van der Waals surface area (Å²) >= 11 is 6.11. The third-order valence-corrected chi connectivity index (χ3v) is 3.16. The Balaban J connectivity index is 2.28. The van der Waals surface area contributed by atoms with Gasteiger partial charge in [-0.25, -0.2) is 0 Å². The average molecular weight is 300 g/mol. The van der Waals surface area contributed by atoms with Crippen molar-refractivity contribution in [3.8, 4) is 11.8 Å². The van der Waals surface area contributed by atoms with E-state index in [1.54, 1.807) is 36.4 Å². The highest BCUT2D eigenvalue weighted by Crippen LogP contribution is 2.23. The minimum Gasteiger partial charge on any atom is -0.384 e. The van der Waals surface area contributed by atoms with Crippen LogP contribution < -0.4 is 5.32 Å². The molecule has 0 aliphatic carbocycles. The first-order chi connectivity index (χ1) is 10.1. The molecule has 2 aromatic carbocycles. The van der Waals surface area contributed by atoms with Crippen molar-refractivity contribution in [3.05, 3.63) is 64.2 Å². The molecule has 2 rings (SSSR count). The second kappa shape index (κ2) is 6.94. The molecule has 0 bridgehead atoms. The standard InChI is InChI=1S/C17H14ClNO2/c1-12-8-9-16(15(18)11-12)19-17(21)14-7-3-2-5-13(14)6-4-10-20/h2-3,5,7-9,11,20H,10H2,1H3,(H,19,21). The Kier molecular flexibility index (Phi) is 4.99. The van der Waals surface area contributed by atoms with Crippen molar-refractivity contribution in [1.82, 2.24) is 0 Å². The van der Waals surface area contributed by atoms with Crippen LogP contribution in [0, 0.1) is 18.8 Å². The SMILES string of the molecule is Cc1ccc(NC(=O)c2ccccc2C#CCO)c(Cl)c1. The van der Waals surface area contributed by atoms with E-state index in [1.165, 1.54) is 0 Å². The molecular formula is C17H14ClNO2. The summed E-state index contributed by atoms with van der Waals surface area (Å²) in [5.74, 6) is 5.01. The highest BCUT2D eigenvalue weighted by atomic mass is 35.5. The van der Waals surface area contributed by atoms with Gasteiger partial charge in [-0.2, -0.15) is 0 Å². The summed E-state index contributed by atoms with van der Waals surface area (Å²) in [5, 5.41) is 12.0. The lowest BCUT2D eigenvalue weighted by atomic mass is 10.1. The number of rotatable bonds is 2. The van der Waals surface area contributed by atoms with Gasteiger partial charge < -0.3 is 10.4 Å². The molecule has 106 valence electrons. The van der Waals surface area contributed by atoms with Gasteiger partial charge >= 0.3 is 0 Å². The fourth-order valence-electron chi connectivity index (χ4n) is 1.84. The van der Waals surface area contributed by atoms with Crippen molar-refractivity contribution < 1.29 is 9.90 Å². The normalized spacial score (nSPS) is 9.67. The van der Waals surface area contributed by atoms with Crippen molar-refractivity contribution in [2.75, 3.05) is 11.9 Å². The lowest BCUT2D eigenvalue weighted by Crippen LogP contribution is -2.13. The van der Waals surface area contributed by atoms with E-state index in [0.29, 0.717) is 21.8 Å². The number of amides is 1. The topological polar surface area (TPSA) is 49.3 Å². The molecule has 0 spiro atoms.